The number of ether oxygens (including phenoxy) is 1. The minimum atomic E-state index is -0.0986. The number of hydrogen-bond acceptors (Lipinski definition) is 5. The Bertz CT molecular complexity index is 1090. The van der Waals surface area contributed by atoms with Crippen molar-refractivity contribution in [3.8, 4) is 11.4 Å². The van der Waals surface area contributed by atoms with Crippen molar-refractivity contribution in [2.24, 2.45) is 0 Å². The fraction of sp³-hybridized carbons (Fsp3) is 0.391. The number of fused-ring (bicyclic) bond motifs is 1. The van der Waals surface area contributed by atoms with Crippen LogP contribution in [-0.4, -0.2) is 50.3 Å². The zero-order valence-electron chi connectivity index (χ0n) is 17.5. The van der Waals surface area contributed by atoms with Gasteiger partial charge in [0.15, 0.2) is 0 Å². The Kier molecular flexibility index (Phi) is 5.90. The molecule has 2 heterocycles. The Labute approximate surface area is 196 Å². The molecule has 2 unspecified atom stereocenters. The molecular formula is C23H24Cl2N4OS. The Hall–Kier alpha value is -1.73. The molecule has 5 rings (SSSR count). The summed E-state index contributed by atoms with van der Waals surface area (Å²) in [5.74, 6) is 4.65. The van der Waals surface area contributed by atoms with Crippen LogP contribution in [-0.2, 0) is 6.42 Å². The van der Waals surface area contributed by atoms with Gasteiger partial charge in [0, 0.05) is 29.6 Å². The molecule has 2 atom stereocenters. The number of rotatable bonds is 4. The first-order chi connectivity index (χ1) is 15.0. The van der Waals surface area contributed by atoms with Gasteiger partial charge in [0.25, 0.3) is 0 Å². The summed E-state index contributed by atoms with van der Waals surface area (Å²) in [7, 11) is 0. The van der Waals surface area contributed by atoms with Crippen molar-refractivity contribution in [2.45, 2.75) is 32.4 Å². The molecule has 1 aromatic heterocycles. The molecule has 8 heteroatoms. The van der Waals surface area contributed by atoms with E-state index in [0.29, 0.717) is 10.8 Å². The monoisotopic (exact) mass is 474 g/mol. The third-order valence-corrected chi connectivity index (χ3v) is 7.59. The lowest BCUT2D eigenvalue weighted by Gasteiger charge is -2.35. The van der Waals surface area contributed by atoms with E-state index in [0.717, 1.165) is 53.4 Å². The van der Waals surface area contributed by atoms with E-state index in [2.05, 4.69) is 21.2 Å². The molecule has 1 aliphatic carbocycles. The normalized spacial score (nSPS) is 21.3. The van der Waals surface area contributed by atoms with E-state index in [9.17, 15) is 0 Å². The Morgan fingerprint density at radius 3 is 2.45 bits per heavy atom. The molecule has 0 saturated carbocycles. The molecule has 3 aromatic rings. The Morgan fingerprint density at radius 2 is 1.74 bits per heavy atom. The molecule has 5 nitrogen and oxygen atoms in total. The summed E-state index contributed by atoms with van der Waals surface area (Å²) in [4.78, 5) is 2.56. The molecule has 162 valence electrons. The van der Waals surface area contributed by atoms with Gasteiger partial charge in [0.1, 0.15) is 23.5 Å². The second kappa shape index (κ2) is 8.66. The van der Waals surface area contributed by atoms with Gasteiger partial charge < -0.3 is 4.74 Å². The molecule has 2 aromatic carbocycles. The van der Waals surface area contributed by atoms with E-state index in [1.54, 1.807) is 0 Å². The summed E-state index contributed by atoms with van der Waals surface area (Å²) in [6.45, 7) is 6.02. The van der Waals surface area contributed by atoms with Crippen LogP contribution >= 0.6 is 35.0 Å². The molecule has 0 bridgehead atoms. The van der Waals surface area contributed by atoms with Crippen molar-refractivity contribution in [3.63, 3.8) is 0 Å². The largest absolute Gasteiger partial charge is 0.482 e. The number of thioether (sulfide) groups is 1. The van der Waals surface area contributed by atoms with Crippen molar-refractivity contribution in [2.75, 3.05) is 24.6 Å². The first-order valence-corrected chi connectivity index (χ1v) is 12.4. The van der Waals surface area contributed by atoms with Crippen LogP contribution in [0.5, 0.6) is 5.75 Å². The van der Waals surface area contributed by atoms with Crippen molar-refractivity contribution < 1.29 is 4.74 Å². The lowest BCUT2D eigenvalue weighted by Crippen LogP contribution is -2.44. The Morgan fingerprint density at radius 1 is 1.00 bits per heavy atom. The number of hydrogen-bond donors (Lipinski definition) is 0. The van der Waals surface area contributed by atoms with Crippen LogP contribution < -0.4 is 4.74 Å². The maximum absolute atomic E-state index is 6.70. The van der Waals surface area contributed by atoms with Gasteiger partial charge in [-0.2, -0.15) is 11.8 Å². The molecule has 0 spiro atoms. The van der Waals surface area contributed by atoms with Gasteiger partial charge in [-0.25, -0.2) is 0 Å². The van der Waals surface area contributed by atoms with Gasteiger partial charge in [-0.3, -0.25) is 9.47 Å². The second-order valence-corrected chi connectivity index (χ2v) is 10.1. The second-order valence-electron chi connectivity index (χ2n) is 8.05. The van der Waals surface area contributed by atoms with Crippen molar-refractivity contribution >= 4 is 35.0 Å². The van der Waals surface area contributed by atoms with Crippen LogP contribution in [0.25, 0.3) is 5.69 Å². The Balaban J connectivity index is 1.47. The van der Waals surface area contributed by atoms with Gasteiger partial charge >= 0.3 is 0 Å². The first-order valence-electron chi connectivity index (χ1n) is 10.5. The van der Waals surface area contributed by atoms with Crippen molar-refractivity contribution in [1.29, 1.82) is 0 Å². The number of benzene rings is 2. The molecule has 0 N–H and O–H groups in total. The van der Waals surface area contributed by atoms with Crippen molar-refractivity contribution in [1.82, 2.24) is 19.7 Å². The predicted octanol–water partition coefficient (Wildman–Crippen LogP) is 5.28. The lowest BCUT2D eigenvalue weighted by atomic mass is 10.1. The molecule has 1 saturated heterocycles. The molecule has 1 fully saturated rings. The lowest BCUT2D eigenvalue weighted by molar-refractivity contribution is 0.0847. The van der Waals surface area contributed by atoms with E-state index in [1.807, 2.05) is 60.5 Å². The fourth-order valence-corrected chi connectivity index (χ4v) is 5.96. The average molecular weight is 475 g/mol. The maximum Gasteiger partial charge on any atom is 0.140 e. The predicted molar refractivity (Wildman–Crippen MR) is 127 cm³/mol. The van der Waals surface area contributed by atoms with E-state index >= 15 is 0 Å². The van der Waals surface area contributed by atoms with Gasteiger partial charge in [-0.05, 0) is 61.7 Å². The first kappa shape index (κ1) is 21.1. The minimum Gasteiger partial charge on any atom is -0.482 e. The molecular weight excluding hydrogens is 451 g/mol. The van der Waals surface area contributed by atoms with Gasteiger partial charge in [0.2, 0.25) is 0 Å². The minimum absolute atomic E-state index is 0.0986. The quantitative estimate of drug-likeness (QED) is 0.514. The number of halogens is 2. The topological polar surface area (TPSA) is 43.2 Å². The zero-order valence-corrected chi connectivity index (χ0v) is 19.8. The average Bonchev–Trinajstić information content (AvgIpc) is 3.29. The molecule has 0 amide bonds. The van der Waals surface area contributed by atoms with E-state index in [4.69, 9.17) is 27.9 Å². The highest BCUT2D eigenvalue weighted by molar-refractivity contribution is 7.99. The fourth-order valence-electron chi connectivity index (χ4n) is 4.63. The summed E-state index contributed by atoms with van der Waals surface area (Å²) in [6.07, 6.45) is 0.870. The van der Waals surface area contributed by atoms with E-state index in [-0.39, 0.29) is 12.1 Å². The van der Waals surface area contributed by atoms with E-state index in [1.165, 1.54) is 11.1 Å². The van der Waals surface area contributed by atoms with Crippen LogP contribution in [0.2, 0.25) is 10.0 Å². The summed E-state index contributed by atoms with van der Waals surface area (Å²) in [5, 5.41) is 9.60. The number of nitrogens with zero attached hydrogens (tertiary/aromatic N) is 4. The summed E-state index contributed by atoms with van der Waals surface area (Å²) in [6, 6.07) is 12.3. The van der Waals surface area contributed by atoms with Crippen LogP contribution in [0.4, 0.5) is 0 Å². The summed E-state index contributed by atoms with van der Waals surface area (Å²) < 4.78 is 8.59. The molecule has 2 aliphatic rings. The smallest absolute Gasteiger partial charge is 0.140 e. The van der Waals surface area contributed by atoms with E-state index < -0.39 is 0 Å². The number of aryl methyl sites for hydroxylation is 2. The third-order valence-electron chi connectivity index (χ3n) is 6.12. The molecule has 31 heavy (non-hydrogen) atoms. The summed E-state index contributed by atoms with van der Waals surface area (Å²) >= 11 is 15.1. The zero-order chi connectivity index (χ0) is 21.5. The van der Waals surface area contributed by atoms with Crippen LogP contribution in [0.1, 0.15) is 28.9 Å². The van der Waals surface area contributed by atoms with Gasteiger partial charge in [-0.1, -0.05) is 29.3 Å². The highest BCUT2D eigenvalue weighted by atomic mass is 35.5. The van der Waals surface area contributed by atoms with Crippen LogP contribution in [0.15, 0.2) is 36.4 Å². The van der Waals surface area contributed by atoms with Crippen LogP contribution in [0.3, 0.4) is 0 Å². The highest BCUT2D eigenvalue weighted by Crippen LogP contribution is 2.41. The summed E-state index contributed by atoms with van der Waals surface area (Å²) in [5.41, 5.74) is 3.40. The maximum atomic E-state index is 6.70. The van der Waals surface area contributed by atoms with Gasteiger partial charge in [0.05, 0.1) is 16.8 Å². The SMILES string of the molecule is Cc1nnc(C)n1-c1ccc(OC2c3cc(Cl)ccc3CC2N2CCSCC2)c(Cl)c1. The number of aromatic nitrogens is 3. The van der Waals surface area contributed by atoms with Crippen molar-refractivity contribution in [3.05, 3.63) is 69.2 Å². The standard InChI is InChI=1S/C23H24Cl2N4OS/c1-14-26-27-15(2)29(14)18-5-6-22(20(25)13-18)30-23-19-12-17(24)4-3-16(19)11-21(23)28-7-9-31-10-8-28/h3-6,12-13,21,23H,7-11H2,1-2H3. The highest BCUT2D eigenvalue weighted by Gasteiger charge is 2.39. The van der Waals surface area contributed by atoms with Gasteiger partial charge in [-0.15, -0.1) is 10.2 Å². The third kappa shape index (κ3) is 4.07. The molecule has 1 aliphatic heterocycles. The van der Waals surface area contributed by atoms with Crippen LogP contribution in [0, 0.1) is 13.8 Å². The molecule has 0 radical (unpaired) electrons.